The van der Waals surface area contributed by atoms with Gasteiger partial charge in [-0.25, -0.2) is 14.2 Å². The van der Waals surface area contributed by atoms with Gasteiger partial charge in [-0.05, 0) is 0 Å². The van der Waals surface area contributed by atoms with Crippen LogP contribution < -0.4 is 10.1 Å². The number of rotatable bonds is 4. The molecule has 5 aromatic rings. The van der Waals surface area contributed by atoms with Gasteiger partial charge in [-0.3, -0.25) is 4.79 Å². The SMILES string of the molecule is Cn1ncc2c([nH]c[n+]2C(c2ccccc2)(c2ccccc2)c2ccccc2)c1=O. The summed E-state index contributed by atoms with van der Waals surface area (Å²) >= 11 is 0. The van der Waals surface area contributed by atoms with Crippen LogP contribution in [0.5, 0.6) is 0 Å². The number of nitrogens with one attached hydrogen (secondary N) is 1. The molecule has 0 aliphatic rings. The second kappa shape index (κ2) is 7.12. The van der Waals surface area contributed by atoms with E-state index in [0.717, 1.165) is 22.2 Å². The number of aromatic amines is 1. The molecule has 0 radical (unpaired) electrons. The van der Waals surface area contributed by atoms with E-state index in [1.807, 2.05) is 60.9 Å². The molecule has 0 bridgehead atoms. The lowest BCUT2D eigenvalue weighted by Crippen LogP contribution is -2.58. The van der Waals surface area contributed by atoms with E-state index in [0.29, 0.717) is 5.52 Å². The van der Waals surface area contributed by atoms with E-state index in [-0.39, 0.29) is 5.56 Å². The molecule has 146 valence electrons. The Kier molecular flexibility index (Phi) is 4.29. The maximum Gasteiger partial charge on any atom is 0.318 e. The minimum atomic E-state index is -0.684. The maximum absolute atomic E-state index is 12.7. The molecule has 0 amide bonds. The first-order valence-electron chi connectivity index (χ1n) is 9.85. The smallest absolute Gasteiger partial charge is 0.263 e. The molecular weight excluding hydrogens is 372 g/mol. The van der Waals surface area contributed by atoms with Crippen molar-refractivity contribution in [3.05, 3.63) is 131 Å². The number of imidazole rings is 1. The molecule has 1 N–H and O–H groups in total. The highest BCUT2D eigenvalue weighted by Crippen LogP contribution is 2.37. The fourth-order valence-electron chi connectivity index (χ4n) is 4.28. The van der Waals surface area contributed by atoms with Crippen molar-refractivity contribution < 1.29 is 4.57 Å². The maximum atomic E-state index is 12.7. The molecule has 30 heavy (non-hydrogen) atoms. The Hall–Kier alpha value is -3.99. The number of aryl methyl sites for hydroxylation is 1. The van der Waals surface area contributed by atoms with Crippen molar-refractivity contribution in [2.45, 2.75) is 5.54 Å². The molecule has 0 aliphatic heterocycles. The molecule has 2 heterocycles. The zero-order valence-corrected chi connectivity index (χ0v) is 16.6. The standard InChI is InChI=1S/C25H20N4O/c1-28-24(30)23-22(17-27-28)29(18-26-23)25(19-11-5-2-6-12-19,20-13-7-3-8-14-20)21-15-9-4-10-16-21/h2-18H,1H3/p+1. The summed E-state index contributed by atoms with van der Waals surface area (Å²) in [4.78, 5) is 15.9. The van der Waals surface area contributed by atoms with E-state index >= 15 is 0 Å². The van der Waals surface area contributed by atoms with Gasteiger partial charge >= 0.3 is 5.56 Å². The fourth-order valence-corrected chi connectivity index (χ4v) is 4.28. The van der Waals surface area contributed by atoms with Gasteiger partial charge in [0.05, 0.1) is 6.20 Å². The van der Waals surface area contributed by atoms with Crippen LogP contribution in [0, 0.1) is 0 Å². The number of hydrogen-bond acceptors (Lipinski definition) is 2. The van der Waals surface area contributed by atoms with Gasteiger partial charge in [-0.15, -0.1) is 0 Å². The molecule has 0 fully saturated rings. The van der Waals surface area contributed by atoms with E-state index < -0.39 is 5.54 Å². The Labute approximate surface area is 173 Å². The third-order valence-corrected chi connectivity index (χ3v) is 5.65. The second-order valence-electron chi connectivity index (χ2n) is 7.29. The molecule has 0 spiro atoms. The van der Waals surface area contributed by atoms with Gasteiger partial charge in [-0.1, -0.05) is 91.0 Å². The van der Waals surface area contributed by atoms with Gasteiger partial charge in [0.15, 0.2) is 5.54 Å². The molecular formula is C25H21N4O+. The summed E-state index contributed by atoms with van der Waals surface area (Å²) in [5.74, 6) is 0. The largest absolute Gasteiger partial charge is 0.318 e. The molecule has 0 saturated heterocycles. The van der Waals surface area contributed by atoms with E-state index in [9.17, 15) is 4.79 Å². The molecule has 5 heteroatoms. The van der Waals surface area contributed by atoms with Gasteiger partial charge in [-0.2, -0.15) is 5.10 Å². The average molecular weight is 393 g/mol. The molecule has 2 aromatic heterocycles. The Morgan fingerprint density at radius 3 is 1.73 bits per heavy atom. The second-order valence-corrected chi connectivity index (χ2v) is 7.29. The van der Waals surface area contributed by atoms with Crippen molar-refractivity contribution in [2.75, 3.05) is 0 Å². The van der Waals surface area contributed by atoms with E-state index in [1.54, 1.807) is 13.2 Å². The highest BCUT2D eigenvalue weighted by molar-refractivity contribution is 5.69. The van der Waals surface area contributed by atoms with Gasteiger partial charge in [0.1, 0.15) is 0 Å². The summed E-state index contributed by atoms with van der Waals surface area (Å²) in [6, 6.07) is 31.1. The van der Waals surface area contributed by atoms with Crippen molar-refractivity contribution >= 4 is 11.0 Å². The van der Waals surface area contributed by atoms with Crippen LogP contribution in [0.1, 0.15) is 16.7 Å². The van der Waals surface area contributed by atoms with Crippen molar-refractivity contribution in [3.8, 4) is 0 Å². The van der Waals surface area contributed by atoms with Crippen LogP contribution in [0.2, 0.25) is 0 Å². The monoisotopic (exact) mass is 393 g/mol. The quantitative estimate of drug-likeness (QED) is 0.376. The van der Waals surface area contributed by atoms with Crippen molar-refractivity contribution in [1.82, 2.24) is 14.8 Å². The predicted molar refractivity (Wildman–Crippen MR) is 116 cm³/mol. The number of nitrogens with zero attached hydrogens (tertiary/aromatic N) is 3. The Bertz CT molecular complexity index is 1260. The minimum absolute atomic E-state index is 0.158. The van der Waals surface area contributed by atoms with Gasteiger partial charge in [0, 0.05) is 23.7 Å². The van der Waals surface area contributed by atoms with Crippen LogP contribution in [0.25, 0.3) is 11.0 Å². The summed E-state index contributed by atoms with van der Waals surface area (Å²) in [6.07, 6.45) is 3.62. The Morgan fingerprint density at radius 1 is 0.800 bits per heavy atom. The Morgan fingerprint density at radius 2 is 1.27 bits per heavy atom. The molecule has 0 atom stereocenters. The van der Waals surface area contributed by atoms with E-state index in [4.69, 9.17) is 0 Å². The molecule has 0 aliphatic carbocycles. The molecule has 5 rings (SSSR count). The van der Waals surface area contributed by atoms with Gasteiger partial charge in [0.2, 0.25) is 17.4 Å². The van der Waals surface area contributed by atoms with E-state index in [1.165, 1.54) is 4.68 Å². The van der Waals surface area contributed by atoms with Crippen molar-refractivity contribution in [2.24, 2.45) is 7.05 Å². The van der Waals surface area contributed by atoms with Crippen molar-refractivity contribution in [1.29, 1.82) is 0 Å². The number of benzene rings is 3. The van der Waals surface area contributed by atoms with Crippen LogP contribution in [-0.4, -0.2) is 14.8 Å². The summed E-state index contributed by atoms with van der Waals surface area (Å²) in [7, 11) is 1.66. The van der Waals surface area contributed by atoms with Crippen LogP contribution >= 0.6 is 0 Å². The Balaban J connectivity index is 1.98. The first kappa shape index (κ1) is 18.1. The van der Waals surface area contributed by atoms with Gasteiger partial charge < -0.3 is 0 Å². The van der Waals surface area contributed by atoms with E-state index in [2.05, 4.69) is 51.0 Å². The highest BCUT2D eigenvalue weighted by Gasteiger charge is 2.44. The normalized spacial score (nSPS) is 11.6. The van der Waals surface area contributed by atoms with Crippen LogP contribution in [0.4, 0.5) is 0 Å². The summed E-state index contributed by atoms with van der Waals surface area (Å²) in [5.41, 5.74) is 3.70. The number of H-pyrrole nitrogens is 1. The van der Waals surface area contributed by atoms with Crippen LogP contribution in [0.15, 0.2) is 108 Å². The highest BCUT2D eigenvalue weighted by atomic mass is 16.1. The van der Waals surface area contributed by atoms with Gasteiger partial charge in [0.25, 0.3) is 0 Å². The lowest BCUT2D eigenvalue weighted by molar-refractivity contribution is -0.710. The molecule has 0 saturated carbocycles. The zero-order chi connectivity index (χ0) is 20.6. The van der Waals surface area contributed by atoms with Crippen molar-refractivity contribution in [3.63, 3.8) is 0 Å². The first-order chi connectivity index (χ1) is 14.7. The molecule has 0 unspecified atom stereocenters. The molecule has 3 aromatic carbocycles. The lowest BCUT2D eigenvalue weighted by Gasteiger charge is -2.33. The first-order valence-corrected chi connectivity index (χ1v) is 9.85. The lowest BCUT2D eigenvalue weighted by atomic mass is 9.76. The molecule has 5 nitrogen and oxygen atoms in total. The third-order valence-electron chi connectivity index (χ3n) is 5.65. The minimum Gasteiger partial charge on any atom is -0.263 e. The average Bonchev–Trinajstić information content (AvgIpc) is 3.24. The predicted octanol–water partition coefficient (Wildman–Crippen LogP) is 3.39. The topological polar surface area (TPSA) is 54.6 Å². The van der Waals surface area contributed by atoms with Crippen LogP contribution in [0.3, 0.4) is 0 Å². The summed E-state index contributed by atoms with van der Waals surface area (Å²) in [5, 5.41) is 4.30. The zero-order valence-electron chi connectivity index (χ0n) is 16.6. The summed E-state index contributed by atoms with van der Waals surface area (Å²) in [6.45, 7) is 0. The fraction of sp³-hybridized carbons (Fsp3) is 0.0800. The number of fused-ring (bicyclic) bond motifs is 1. The third kappa shape index (κ3) is 2.59. The number of hydrogen-bond donors (Lipinski definition) is 1. The number of aromatic nitrogens is 4. The van der Waals surface area contributed by atoms with Crippen LogP contribution in [-0.2, 0) is 12.6 Å². The summed E-state index contributed by atoms with van der Waals surface area (Å²) < 4.78 is 3.47.